The van der Waals surface area contributed by atoms with Gasteiger partial charge in [0, 0.05) is 21.9 Å². The first-order chi connectivity index (χ1) is 25.9. The van der Waals surface area contributed by atoms with Crippen molar-refractivity contribution in [3.8, 4) is 88.5 Å². The molecule has 0 amide bonds. The number of rotatable bonds is 7. The average Bonchev–Trinajstić information content (AvgIpc) is 3.89. The van der Waals surface area contributed by atoms with Gasteiger partial charge in [-0.25, -0.2) is 9.97 Å². The fourth-order valence-corrected chi connectivity index (χ4v) is 8.17. The minimum absolute atomic E-state index is 0.00123. The topological polar surface area (TPSA) is 71.9 Å². The minimum atomic E-state index is -0.00123. The van der Waals surface area contributed by atoms with Crippen LogP contribution in [-0.2, 0) is 22.9 Å². The second-order valence-electron chi connectivity index (χ2n) is 12.8. The second kappa shape index (κ2) is 16.4. The van der Waals surface area contributed by atoms with E-state index >= 15 is 0 Å². The number of hydrogen-bond donors (Lipinski definition) is 0. The predicted octanol–water partition coefficient (Wildman–Crippen LogP) is 12.2. The molecule has 0 fully saturated rings. The molecule has 0 bridgehead atoms. The normalized spacial score (nSPS) is 10.7. The van der Waals surface area contributed by atoms with E-state index in [2.05, 4.69) is 9.36 Å². The Morgan fingerprint density at radius 1 is 0.434 bits per heavy atom. The van der Waals surface area contributed by atoms with E-state index in [-0.39, 0.29) is 34.4 Å². The van der Waals surface area contributed by atoms with Crippen molar-refractivity contribution >= 4 is 22.7 Å². The summed E-state index contributed by atoms with van der Waals surface area (Å²) >= 11 is 3.14. The van der Waals surface area contributed by atoms with Gasteiger partial charge in [0.25, 0.3) is 0 Å². The molecule has 0 unspecified atom stereocenters. The molecule has 53 heavy (non-hydrogen) atoms. The Bertz CT molecular complexity index is 2330. The Kier molecular flexibility index (Phi) is 11.3. The van der Waals surface area contributed by atoms with Gasteiger partial charge < -0.3 is 10.2 Å². The molecule has 7 heteroatoms. The van der Waals surface area contributed by atoms with Crippen molar-refractivity contribution in [1.82, 2.24) is 9.97 Å². The Morgan fingerprint density at radius 3 is 1.13 bits per heavy atom. The van der Waals surface area contributed by atoms with Gasteiger partial charge in [0.15, 0.2) is 10.0 Å². The van der Waals surface area contributed by atoms with Crippen LogP contribution in [0.15, 0.2) is 144 Å². The number of benzene rings is 6. The molecular formula is C46H36HfN2O2S2. The zero-order valence-electron chi connectivity index (χ0n) is 29.9. The summed E-state index contributed by atoms with van der Waals surface area (Å²) in [5.41, 5.74) is 11.6. The average molecular weight is 891 g/mol. The van der Waals surface area contributed by atoms with E-state index in [4.69, 9.17) is 9.97 Å². The molecule has 2 heterocycles. The summed E-state index contributed by atoms with van der Waals surface area (Å²) in [4.78, 5) is 10.1. The van der Waals surface area contributed by atoms with Crippen LogP contribution in [0.2, 0.25) is 9.36 Å². The molecule has 8 rings (SSSR count). The zero-order chi connectivity index (χ0) is 36.9. The van der Waals surface area contributed by atoms with Crippen molar-refractivity contribution in [2.45, 2.75) is 23.2 Å². The van der Waals surface area contributed by atoms with Gasteiger partial charge >= 0.3 is 32.3 Å². The van der Waals surface area contributed by atoms with E-state index in [0.717, 1.165) is 65.9 Å². The van der Waals surface area contributed by atoms with Crippen molar-refractivity contribution in [3.63, 3.8) is 0 Å². The van der Waals surface area contributed by atoms with E-state index in [0.29, 0.717) is 22.3 Å². The van der Waals surface area contributed by atoms with Crippen LogP contribution >= 0.6 is 22.7 Å². The van der Waals surface area contributed by atoms with Gasteiger partial charge in [0.2, 0.25) is 0 Å². The Labute approximate surface area is 330 Å². The number of nitrogens with zero attached hydrogens (tertiary/aromatic N) is 2. The van der Waals surface area contributed by atoms with Gasteiger partial charge in [-0.05, 0) is 69.5 Å². The van der Waals surface area contributed by atoms with Crippen LogP contribution in [0.4, 0.5) is 0 Å². The van der Waals surface area contributed by atoms with Gasteiger partial charge in [-0.3, -0.25) is 0 Å². The molecule has 0 aliphatic heterocycles. The van der Waals surface area contributed by atoms with E-state index < -0.39 is 0 Å². The summed E-state index contributed by atoms with van der Waals surface area (Å²) in [5.74, 6) is -0.00246. The SMILES string of the molecule is Cc1cc(-c2ccccc2)c([O-])c(-c2ccccc2-c2csc(-c3nc(-c4ccccc4-c4cc(C)cc(-c5ccccc5)c4[O-])cs3)n2)c1.[CH3][Hf+2][CH3]. The number of hydrogen-bond acceptors (Lipinski definition) is 6. The molecule has 2 aromatic heterocycles. The standard InChI is InChI=1S/C44H32N2O2S2.2CH3.Hf/c1-27-21-35(29-13-5-3-6-14-29)41(47)37(23-27)31-17-9-11-19-33(31)39-25-49-43(45-39)44-46-40(26-50-44)34-20-12-10-18-32(34)38-24-28(2)22-36(42(38)48)30-15-7-4-8-16-30;;;/h3-26,47-48H,1-2H3;2*1H3;/q;;;+2/p-2. The number of aryl methyl sites for hydroxylation is 2. The maximum absolute atomic E-state index is 13.9. The first-order valence-electron chi connectivity index (χ1n) is 17.3. The summed E-state index contributed by atoms with van der Waals surface area (Å²) in [7, 11) is 0. The van der Waals surface area contributed by atoms with E-state index in [9.17, 15) is 10.2 Å². The molecule has 0 N–H and O–H groups in total. The molecule has 258 valence electrons. The van der Waals surface area contributed by atoms with E-state index in [1.54, 1.807) is 0 Å². The van der Waals surface area contributed by atoms with Gasteiger partial charge in [-0.2, -0.15) is 0 Å². The second-order valence-corrected chi connectivity index (χ2v) is 18.1. The van der Waals surface area contributed by atoms with Gasteiger partial charge in [-0.1, -0.05) is 145 Å². The fraction of sp³-hybridized carbons (Fsp3) is 0.0870. The molecule has 0 radical (unpaired) electrons. The molecule has 0 saturated heterocycles. The fourth-order valence-electron chi connectivity index (χ4n) is 6.48. The van der Waals surface area contributed by atoms with Crippen LogP contribution in [-0.4, -0.2) is 9.97 Å². The van der Waals surface area contributed by atoms with Gasteiger partial charge in [-0.15, -0.1) is 22.7 Å². The first kappa shape index (κ1) is 36.4. The molecule has 0 atom stereocenters. The summed E-state index contributed by atoms with van der Waals surface area (Å²) in [6.07, 6.45) is 0. The number of aromatic nitrogens is 2. The summed E-state index contributed by atoms with van der Waals surface area (Å²) in [6.45, 7) is 4.05. The molecule has 0 aliphatic rings. The molecule has 0 spiro atoms. The number of thiazole rings is 2. The van der Waals surface area contributed by atoms with Crippen LogP contribution < -0.4 is 10.2 Å². The molecule has 8 aromatic rings. The van der Waals surface area contributed by atoms with Crippen molar-refractivity contribution in [2.75, 3.05) is 0 Å². The van der Waals surface area contributed by atoms with Crippen molar-refractivity contribution < 1.29 is 33.1 Å². The van der Waals surface area contributed by atoms with E-state index in [1.165, 1.54) is 22.7 Å². The van der Waals surface area contributed by atoms with Crippen molar-refractivity contribution in [1.29, 1.82) is 0 Å². The Balaban J connectivity index is 0.00000140. The summed E-state index contributed by atoms with van der Waals surface area (Å²) in [5, 5.41) is 33.4. The Morgan fingerprint density at radius 2 is 0.755 bits per heavy atom. The molecular weight excluding hydrogens is 855 g/mol. The third-order valence-electron chi connectivity index (χ3n) is 8.81. The molecule has 4 nitrogen and oxygen atoms in total. The van der Waals surface area contributed by atoms with E-state index in [1.807, 2.05) is 158 Å². The van der Waals surface area contributed by atoms with Crippen molar-refractivity contribution in [3.05, 3.63) is 155 Å². The monoisotopic (exact) mass is 892 g/mol. The van der Waals surface area contributed by atoms with Crippen LogP contribution in [0.3, 0.4) is 0 Å². The van der Waals surface area contributed by atoms with Crippen LogP contribution in [0.5, 0.6) is 11.5 Å². The third-order valence-corrected chi connectivity index (χ3v) is 10.6. The maximum atomic E-state index is 13.9. The van der Waals surface area contributed by atoms with Crippen LogP contribution in [0.1, 0.15) is 11.1 Å². The first-order valence-corrected chi connectivity index (χ1v) is 26.2. The molecule has 0 saturated carbocycles. The zero-order valence-corrected chi connectivity index (χ0v) is 35.1. The van der Waals surface area contributed by atoms with Crippen LogP contribution in [0, 0.1) is 13.8 Å². The quantitative estimate of drug-likeness (QED) is 0.149. The third kappa shape index (κ3) is 7.74. The molecule has 6 aromatic carbocycles. The van der Waals surface area contributed by atoms with Crippen LogP contribution in [0.25, 0.3) is 77.0 Å². The predicted molar refractivity (Wildman–Crippen MR) is 216 cm³/mol. The summed E-state index contributed by atoms with van der Waals surface area (Å²) < 4.78 is 4.64. The molecule has 0 aliphatic carbocycles. The van der Waals surface area contributed by atoms with Gasteiger partial charge in [0.05, 0.1) is 11.4 Å². The summed E-state index contributed by atoms with van der Waals surface area (Å²) in [6, 6.07) is 43.4. The Hall–Kier alpha value is -4.95. The van der Waals surface area contributed by atoms with Gasteiger partial charge in [0.1, 0.15) is 0 Å². The van der Waals surface area contributed by atoms with Crippen molar-refractivity contribution in [2.24, 2.45) is 0 Å².